The Kier molecular flexibility index (Phi) is 4.27. The van der Waals surface area contributed by atoms with Crippen molar-refractivity contribution in [3.63, 3.8) is 0 Å². The van der Waals surface area contributed by atoms with E-state index >= 15 is 0 Å². The van der Waals surface area contributed by atoms with Gasteiger partial charge in [-0.25, -0.2) is 13.4 Å². The Morgan fingerprint density at radius 1 is 1.58 bits per heavy atom. The standard InChI is InChI=1S/C12H22N4O2S/c1-3-11-14-7-12(15-11)19(17,18)16-5-4-9(2)10(6-13)8-16/h7,9-10H,3-6,8,13H2,1-2H3,(H,14,15). The average molecular weight is 286 g/mol. The second-order valence-corrected chi connectivity index (χ2v) is 7.08. The molecule has 2 heterocycles. The summed E-state index contributed by atoms with van der Waals surface area (Å²) >= 11 is 0. The van der Waals surface area contributed by atoms with Crippen LogP contribution < -0.4 is 5.73 Å². The molecular formula is C12H22N4O2S. The van der Waals surface area contributed by atoms with E-state index in [1.807, 2.05) is 6.92 Å². The molecule has 0 aliphatic carbocycles. The molecule has 1 aliphatic heterocycles. The van der Waals surface area contributed by atoms with Crippen LogP contribution in [0.3, 0.4) is 0 Å². The first-order valence-electron chi connectivity index (χ1n) is 6.73. The van der Waals surface area contributed by atoms with Gasteiger partial charge in [-0.1, -0.05) is 13.8 Å². The second kappa shape index (κ2) is 5.60. The summed E-state index contributed by atoms with van der Waals surface area (Å²) in [5.74, 6) is 1.40. The molecule has 7 heteroatoms. The van der Waals surface area contributed by atoms with Crippen molar-refractivity contribution in [2.75, 3.05) is 19.6 Å². The normalized spacial score (nSPS) is 25.6. The number of aromatic nitrogens is 2. The molecule has 2 rings (SSSR count). The molecule has 1 aromatic heterocycles. The van der Waals surface area contributed by atoms with Crippen LogP contribution in [0.1, 0.15) is 26.1 Å². The highest BCUT2D eigenvalue weighted by atomic mass is 32.2. The minimum Gasteiger partial charge on any atom is -0.332 e. The fourth-order valence-electron chi connectivity index (χ4n) is 2.43. The molecule has 0 aromatic carbocycles. The molecule has 108 valence electrons. The van der Waals surface area contributed by atoms with Crippen LogP contribution in [0.5, 0.6) is 0 Å². The van der Waals surface area contributed by atoms with Gasteiger partial charge in [0.25, 0.3) is 10.0 Å². The number of hydrogen-bond donors (Lipinski definition) is 2. The number of sulfonamides is 1. The van der Waals surface area contributed by atoms with Crippen LogP contribution in [0, 0.1) is 11.8 Å². The van der Waals surface area contributed by atoms with E-state index in [-0.39, 0.29) is 10.9 Å². The van der Waals surface area contributed by atoms with Gasteiger partial charge in [-0.05, 0) is 24.8 Å². The van der Waals surface area contributed by atoms with E-state index < -0.39 is 10.0 Å². The number of H-pyrrole nitrogens is 1. The largest absolute Gasteiger partial charge is 0.332 e. The number of nitrogens with zero attached hydrogens (tertiary/aromatic N) is 2. The molecule has 0 radical (unpaired) electrons. The zero-order chi connectivity index (χ0) is 14.0. The van der Waals surface area contributed by atoms with Crippen molar-refractivity contribution in [1.82, 2.24) is 14.3 Å². The highest BCUT2D eigenvalue weighted by molar-refractivity contribution is 7.89. The average Bonchev–Trinajstić information content (AvgIpc) is 2.88. The molecule has 1 aliphatic rings. The van der Waals surface area contributed by atoms with Crippen molar-refractivity contribution >= 4 is 10.0 Å². The molecule has 0 saturated carbocycles. The highest BCUT2D eigenvalue weighted by Crippen LogP contribution is 2.26. The highest BCUT2D eigenvalue weighted by Gasteiger charge is 2.33. The third kappa shape index (κ3) is 2.82. The van der Waals surface area contributed by atoms with Crippen LogP contribution in [-0.4, -0.2) is 42.3 Å². The smallest absolute Gasteiger partial charge is 0.260 e. The lowest BCUT2D eigenvalue weighted by Crippen LogP contribution is -2.45. The van der Waals surface area contributed by atoms with Gasteiger partial charge in [-0.15, -0.1) is 0 Å². The number of aryl methyl sites for hydroxylation is 1. The monoisotopic (exact) mass is 286 g/mol. The molecule has 2 atom stereocenters. The minimum absolute atomic E-state index is 0.190. The molecule has 3 N–H and O–H groups in total. The quantitative estimate of drug-likeness (QED) is 0.846. The Bertz CT molecular complexity index is 526. The molecule has 0 spiro atoms. The zero-order valence-corrected chi connectivity index (χ0v) is 12.3. The molecule has 19 heavy (non-hydrogen) atoms. The number of rotatable bonds is 4. The van der Waals surface area contributed by atoms with Crippen molar-refractivity contribution in [2.24, 2.45) is 17.6 Å². The summed E-state index contributed by atoms with van der Waals surface area (Å²) in [6.45, 7) is 5.65. The van der Waals surface area contributed by atoms with Gasteiger partial charge in [0, 0.05) is 19.5 Å². The number of aromatic amines is 1. The lowest BCUT2D eigenvalue weighted by atomic mass is 9.88. The van der Waals surface area contributed by atoms with E-state index in [0.29, 0.717) is 37.8 Å². The molecule has 2 unspecified atom stereocenters. The first-order valence-corrected chi connectivity index (χ1v) is 8.17. The molecule has 0 bridgehead atoms. The van der Waals surface area contributed by atoms with Gasteiger partial charge < -0.3 is 10.7 Å². The number of imidazole rings is 1. The molecule has 1 fully saturated rings. The summed E-state index contributed by atoms with van der Waals surface area (Å²) in [4.78, 5) is 6.94. The van der Waals surface area contributed by atoms with Crippen molar-refractivity contribution in [3.05, 3.63) is 12.0 Å². The third-order valence-electron chi connectivity index (χ3n) is 3.94. The minimum atomic E-state index is -3.46. The Morgan fingerprint density at radius 2 is 2.32 bits per heavy atom. The SMILES string of the molecule is CCc1ncc(S(=O)(=O)N2CCC(C)C(CN)C2)[nH]1. The van der Waals surface area contributed by atoms with E-state index in [0.717, 1.165) is 6.42 Å². The predicted molar refractivity (Wildman–Crippen MR) is 73.0 cm³/mol. The van der Waals surface area contributed by atoms with Crippen LogP contribution in [0.15, 0.2) is 11.2 Å². The van der Waals surface area contributed by atoms with Gasteiger partial charge in [0.1, 0.15) is 5.82 Å². The molecular weight excluding hydrogens is 264 g/mol. The van der Waals surface area contributed by atoms with Crippen LogP contribution in [0.25, 0.3) is 0 Å². The summed E-state index contributed by atoms with van der Waals surface area (Å²) in [6, 6.07) is 0. The molecule has 0 amide bonds. The summed E-state index contributed by atoms with van der Waals surface area (Å²) < 4.78 is 26.5. The number of piperidine rings is 1. The maximum atomic E-state index is 12.5. The Morgan fingerprint density at radius 3 is 2.89 bits per heavy atom. The van der Waals surface area contributed by atoms with E-state index in [1.165, 1.54) is 10.5 Å². The number of nitrogens with one attached hydrogen (secondary N) is 1. The molecule has 6 nitrogen and oxygen atoms in total. The van der Waals surface area contributed by atoms with Crippen molar-refractivity contribution in [2.45, 2.75) is 31.7 Å². The summed E-state index contributed by atoms with van der Waals surface area (Å²) in [7, 11) is -3.46. The first kappa shape index (κ1) is 14.5. The van der Waals surface area contributed by atoms with Gasteiger partial charge in [-0.2, -0.15) is 4.31 Å². The van der Waals surface area contributed by atoms with Gasteiger partial charge in [-0.3, -0.25) is 0 Å². The van der Waals surface area contributed by atoms with Crippen LogP contribution in [-0.2, 0) is 16.4 Å². The lowest BCUT2D eigenvalue weighted by molar-refractivity contribution is 0.203. The predicted octanol–water partition coefficient (Wildman–Crippen LogP) is 0.578. The van der Waals surface area contributed by atoms with Gasteiger partial charge >= 0.3 is 0 Å². The van der Waals surface area contributed by atoms with Crippen molar-refractivity contribution in [1.29, 1.82) is 0 Å². The first-order chi connectivity index (χ1) is 8.98. The maximum absolute atomic E-state index is 12.5. The summed E-state index contributed by atoms with van der Waals surface area (Å²) in [6.07, 6.45) is 2.96. The van der Waals surface area contributed by atoms with Gasteiger partial charge in [0.15, 0.2) is 5.03 Å². The molecule has 1 aromatic rings. The zero-order valence-electron chi connectivity index (χ0n) is 11.5. The fourth-order valence-corrected chi connectivity index (χ4v) is 3.88. The molecule has 1 saturated heterocycles. The fraction of sp³-hybridized carbons (Fsp3) is 0.750. The van der Waals surface area contributed by atoms with E-state index in [9.17, 15) is 8.42 Å². The van der Waals surface area contributed by atoms with E-state index in [1.54, 1.807) is 0 Å². The van der Waals surface area contributed by atoms with Crippen molar-refractivity contribution in [3.8, 4) is 0 Å². The summed E-state index contributed by atoms with van der Waals surface area (Å²) in [5, 5.41) is 0.190. The van der Waals surface area contributed by atoms with Crippen molar-refractivity contribution < 1.29 is 8.42 Å². The topological polar surface area (TPSA) is 92.1 Å². The van der Waals surface area contributed by atoms with Crippen LogP contribution in [0.4, 0.5) is 0 Å². The second-order valence-electron chi connectivity index (χ2n) is 5.17. The van der Waals surface area contributed by atoms with Gasteiger partial charge in [0.05, 0.1) is 6.20 Å². The van der Waals surface area contributed by atoms with Crippen LogP contribution >= 0.6 is 0 Å². The van der Waals surface area contributed by atoms with E-state index in [4.69, 9.17) is 5.73 Å². The Hall–Kier alpha value is -0.920. The maximum Gasteiger partial charge on any atom is 0.260 e. The lowest BCUT2D eigenvalue weighted by Gasteiger charge is -2.35. The Labute approximate surface area is 114 Å². The number of nitrogens with two attached hydrogens (primary N) is 1. The Balaban J connectivity index is 2.20. The van der Waals surface area contributed by atoms with E-state index in [2.05, 4.69) is 16.9 Å². The summed E-state index contributed by atoms with van der Waals surface area (Å²) in [5.41, 5.74) is 5.72. The van der Waals surface area contributed by atoms with Crippen LogP contribution in [0.2, 0.25) is 0 Å². The third-order valence-corrected chi connectivity index (χ3v) is 5.71. The number of hydrogen-bond acceptors (Lipinski definition) is 4. The van der Waals surface area contributed by atoms with Gasteiger partial charge in [0.2, 0.25) is 0 Å².